The van der Waals surface area contributed by atoms with Crippen molar-refractivity contribution in [1.29, 1.82) is 0 Å². The molecule has 0 bridgehead atoms. The van der Waals surface area contributed by atoms with Crippen LogP contribution >= 0.6 is 0 Å². The molecule has 1 fully saturated rings. The lowest BCUT2D eigenvalue weighted by atomic mass is 10.1. The van der Waals surface area contributed by atoms with Crippen molar-refractivity contribution in [2.75, 3.05) is 31.1 Å². The van der Waals surface area contributed by atoms with Crippen molar-refractivity contribution in [3.63, 3.8) is 0 Å². The van der Waals surface area contributed by atoms with Crippen LogP contribution in [0, 0.1) is 0 Å². The Morgan fingerprint density at radius 1 is 0.857 bits per heavy atom. The molecular formula is C26H24F2N6O. The van der Waals surface area contributed by atoms with Crippen LogP contribution in [0.25, 0.3) is 22.5 Å². The maximum absolute atomic E-state index is 13.2. The zero-order chi connectivity index (χ0) is 24.2. The average molecular weight is 475 g/mol. The van der Waals surface area contributed by atoms with Gasteiger partial charge in [-0.05, 0) is 17.7 Å². The van der Waals surface area contributed by atoms with Crippen LogP contribution in [0.3, 0.4) is 0 Å². The van der Waals surface area contributed by atoms with E-state index in [-0.39, 0.29) is 18.0 Å². The van der Waals surface area contributed by atoms with Crippen molar-refractivity contribution in [3.05, 3.63) is 84.7 Å². The van der Waals surface area contributed by atoms with Crippen LogP contribution in [-0.2, 0) is 11.3 Å². The van der Waals surface area contributed by atoms with Crippen molar-refractivity contribution in [1.82, 2.24) is 24.6 Å². The van der Waals surface area contributed by atoms with Gasteiger partial charge in [0.1, 0.15) is 6.54 Å². The summed E-state index contributed by atoms with van der Waals surface area (Å²) in [6.07, 6.45) is 0.899. The second-order valence-corrected chi connectivity index (χ2v) is 8.28. The molecule has 0 spiro atoms. The van der Waals surface area contributed by atoms with E-state index in [4.69, 9.17) is 0 Å². The van der Waals surface area contributed by atoms with Crippen LogP contribution in [0.1, 0.15) is 12.0 Å². The summed E-state index contributed by atoms with van der Waals surface area (Å²) in [6.45, 7) is 2.54. The number of aromatic nitrogens is 4. The van der Waals surface area contributed by atoms with Crippen molar-refractivity contribution in [2.24, 2.45) is 0 Å². The molecule has 2 aromatic carbocycles. The highest BCUT2D eigenvalue weighted by molar-refractivity contribution is 5.78. The van der Waals surface area contributed by atoms with Gasteiger partial charge in [0.2, 0.25) is 11.9 Å². The van der Waals surface area contributed by atoms with Crippen LogP contribution in [0.4, 0.5) is 14.7 Å². The topological polar surface area (TPSA) is 67.2 Å². The maximum atomic E-state index is 13.2. The summed E-state index contributed by atoms with van der Waals surface area (Å²) in [6, 6.07) is 19.4. The summed E-state index contributed by atoms with van der Waals surface area (Å²) in [7, 11) is 0. The zero-order valence-corrected chi connectivity index (χ0v) is 19.0. The fourth-order valence-corrected chi connectivity index (χ4v) is 4.16. The number of alkyl halides is 2. The summed E-state index contributed by atoms with van der Waals surface area (Å²) < 4.78 is 27.6. The molecule has 0 atom stereocenters. The van der Waals surface area contributed by atoms with Crippen molar-refractivity contribution >= 4 is 11.9 Å². The summed E-state index contributed by atoms with van der Waals surface area (Å²) in [5.74, 6) is 0.638. The molecule has 9 heteroatoms. The number of carbonyl (C=O) groups excluding carboxylic acids is 1. The number of hydrogen-bond donors (Lipinski definition) is 0. The number of benzene rings is 2. The van der Waals surface area contributed by atoms with Crippen LogP contribution in [-0.4, -0.2) is 56.7 Å². The molecule has 5 rings (SSSR count). The fourth-order valence-electron chi connectivity index (χ4n) is 4.16. The van der Waals surface area contributed by atoms with Gasteiger partial charge in [-0.2, -0.15) is 5.10 Å². The van der Waals surface area contributed by atoms with Crippen molar-refractivity contribution in [3.8, 4) is 22.5 Å². The lowest BCUT2D eigenvalue weighted by molar-refractivity contribution is -0.132. The van der Waals surface area contributed by atoms with E-state index in [1.165, 1.54) is 12.1 Å². The van der Waals surface area contributed by atoms with E-state index in [2.05, 4.69) is 20.0 Å². The van der Waals surface area contributed by atoms with E-state index in [0.29, 0.717) is 43.4 Å². The molecule has 0 N–H and O–H groups in total. The number of hydrogen-bond acceptors (Lipinski definition) is 5. The van der Waals surface area contributed by atoms with Gasteiger partial charge in [-0.15, -0.1) is 0 Å². The van der Waals surface area contributed by atoms with Gasteiger partial charge in [0.05, 0.1) is 11.4 Å². The SMILES string of the molecule is O=C(Cn1nc(-c2ccc(C(F)F)cc2)cc1-c1ccccc1)N1CCN(c2ncccn2)CC1. The number of nitrogens with zero attached hydrogens (tertiary/aromatic N) is 6. The molecule has 178 valence electrons. The van der Waals surface area contributed by atoms with Gasteiger partial charge in [0.15, 0.2) is 0 Å². The Morgan fingerprint density at radius 3 is 2.20 bits per heavy atom. The van der Waals surface area contributed by atoms with Crippen LogP contribution < -0.4 is 4.90 Å². The zero-order valence-electron chi connectivity index (χ0n) is 19.0. The van der Waals surface area contributed by atoms with E-state index < -0.39 is 6.43 Å². The molecule has 1 saturated heterocycles. The molecule has 0 saturated carbocycles. The minimum atomic E-state index is -2.52. The molecule has 2 aromatic heterocycles. The van der Waals surface area contributed by atoms with E-state index >= 15 is 0 Å². The monoisotopic (exact) mass is 474 g/mol. The minimum absolute atomic E-state index is 0.0292. The summed E-state index contributed by atoms with van der Waals surface area (Å²) in [5.41, 5.74) is 3.03. The Labute approximate surface area is 201 Å². The van der Waals surface area contributed by atoms with Gasteiger partial charge >= 0.3 is 0 Å². The number of anilines is 1. The molecule has 1 aliphatic heterocycles. The first kappa shape index (κ1) is 22.6. The van der Waals surface area contributed by atoms with E-state index in [1.807, 2.05) is 41.3 Å². The first-order valence-electron chi connectivity index (χ1n) is 11.4. The normalized spacial score (nSPS) is 13.9. The molecule has 3 heterocycles. The molecule has 7 nitrogen and oxygen atoms in total. The fraction of sp³-hybridized carbons (Fsp3) is 0.231. The van der Waals surface area contributed by atoms with E-state index in [0.717, 1.165) is 11.3 Å². The molecule has 1 amide bonds. The third kappa shape index (κ3) is 5.03. The predicted octanol–water partition coefficient (Wildman–Crippen LogP) is 4.29. The van der Waals surface area contributed by atoms with Crippen molar-refractivity contribution < 1.29 is 13.6 Å². The maximum Gasteiger partial charge on any atom is 0.263 e. The van der Waals surface area contributed by atoms with Crippen LogP contribution in [0.15, 0.2) is 79.1 Å². The summed E-state index contributed by atoms with van der Waals surface area (Å²) in [4.78, 5) is 25.7. The second-order valence-electron chi connectivity index (χ2n) is 8.28. The number of carbonyl (C=O) groups is 1. The first-order chi connectivity index (χ1) is 17.1. The molecule has 0 unspecified atom stereocenters. The average Bonchev–Trinajstić information content (AvgIpc) is 3.33. The van der Waals surface area contributed by atoms with Gasteiger partial charge in [0, 0.05) is 49.7 Å². The third-order valence-corrected chi connectivity index (χ3v) is 6.06. The molecule has 4 aromatic rings. The Bertz CT molecular complexity index is 1270. The van der Waals surface area contributed by atoms with E-state index in [9.17, 15) is 13.6 Å². The molecule has 1 aliphatic rings. The Kier molecular flexibility index (Phi) is 6.47. The number of halogens is 2. The van der Waals surface area contributed by atoms with Crippen LogP contribution in [0.2, 0.25) is 0 Å². The highest BCUT2D eigenvalue weighted by atomic mass is 19.3. The largest absolute Gasteiger partial charge is 0.338 e. The number of piperazine rings is 1. The lowest BCUT2D eigenvalue weighted by Gasteiger charge is -2.34. The quantitative estimate of drug-likeness (QED) is 0.417. The summed E-state index contributed by atoms with van der Waals surface area (Å²) in [5, 5.41) is 4.68. The Morgan fingerprint density at radius 2 is 1.54 bits per heavy atom. The van der Waals surface area contributed by atoms with Crippen LogP contribution in [0.5, 0.6) is 0 Å². The second kappa shape index (κ2) is 10.0. The standard InChI is InChI=1S/C26H24F2N6O/c27-25(28)21-9-7-19(8-10-21)22-17-23(20-5-2-1-3-6-20)34(31-22)18-24(35)32-13-15-33(16-14-32)26-29-11-4-12-30-26/h1-12,17,25H,13-16,18H2. The highest BCUT2D eigenvalue weighted by Gasteiger charge is 2.24. The molecule has 0 aliphatic carbocycles. The van der Waals surface area contributed by atoms with E-state index in [1.54, 1.807) is 35.3 Å². The number of rotatable bonds is 6. The van der Waals surface area contributed by atoms with Gasteiger partial charge in [-0.25, -0.2) is 18.7 Å². The van der Waals surface area contributed by atoms with Gasteiger partial charge in [0.25, 0.3) is 6.43 Å². The Hall–Kier alpha value is -4.14. The van der Waals surface area contributed by atoms with Gasteiger partial charge < -0.3 is 9.80 Å². The molecular weight excluding hydrogens is 450 g/mol. The van der Waals surface area contributed by atoms with Crippen molar-refractivity contribution in [2.45, 2.75) is 13.0 Å². The van der Waals surface area contributed by atoms with Gasteiger partial charge in [-0.3, -0.25) is 9.48 Å². The predicted molar refractivity (Wildman–Crippen MR) is 129 cm³/mol. The number of amides is 1. The Balaban J connectivity index is 1.35. The molecule has 0 radical (unpaired) electrons. The molecule has 35 heavy (non-hydrogen) atoms. The highest BCUT2D eigenvalue weighted by Crippen LogP contribution is 2.28. The first-order valence-corrected chi connectivity index (χ1v) is 11.4. The smallest absolute Gasteiger partial charge is 0.263 e. The van der Waals surface area contributed by atoms with Gasteiger partial charge in [-0.1, -0.05) is 54.6 Å². The third-order valence-electron chi connectivity index (χ3n) is 6.06. The lowest BCUT2D eigenvalue weighted by Crippen LogP contribution is -2.50. The summed E-state index contributed by atoms with van der Waals surface area (Å²) >= 11 is 0. The minimum Gasteiger partial charge on any atom is -0.338 e.